The molecule has 47 heavy (non-hydrogen) atoms. The lowest BCUT2D eigenvalue weighted by Crippen LogP contribution is -2.42. The number of rotatable bonds is 16. The van der Waals surface area contributed by atoms with Crippen molar-refractivity contribution in [3.8, 4) is 0 Å². The third-order valence-electron chi connectivity index (χ3n) is 7.95. The molecule has 3 unspecified atom stereocenters. The van der Waals surface area contributed by atoms with Crippen LogP contribution in [0.2, 0.25) is 0 Å². The number of hydrogen-bond donors (Lipinski definition) is 7. The number of benzene rings is 2. The summed E-state index contributed by atoms with van der Waals surface area (Å²) in [6, 6.07) is 7.26. The van der Waals surface area contributed by atoms with Crippen LogP contribution in [0.25, 0.3) is 10.9 Å². The first-order valence-corrected chi connectivity index (χ1v) is 14.9. The maximum Gasteiger partial charge on any atom is 0.326 e. The number of amides is 2. The lowest BCUT2D eigenvalue weighted by Gasteiger charge is -2.28. The van der Waals surface area contributed by atoms with Crippen molar-refractivity contribution >= 4 is 46.3 Å². The molecular formula is C32H35N5O10. The molecule has 1 aromatic heterocycles. The van der Waals surface area contributed by atoms with Crippen LogP contribution >= 0.6 is 0 Å². The minimum absolute atomic E-state index is 0.0181. The van der Waals surface area contributed by atoms with Crippen LogP contribution in [0.3, 0.4) is 0 Å². The van der Waals surface area contributed by atoms with Crippen molar-refractivity contribution in [3.63, 3.8) is 0 Å². The lowest BCUT2D eigenvalue weighted by atomic mass is 10.0. The van der Waals surface area contributed by atoms with Crippen LogP contribution in [0.1, 0.15) is 71.9 Å². The molecule has 0 radical (unpaired) electrons. The van der Waals surface area contributed by atoms with E-state index in [9.17, 15) is 44.1 Å². The highest BCUT2D eigenvalue weighted by molar-refractivity contribution is 5.97. The fourth-order valence-electron chi connectivity index (χ4n) is 5.59. The van der Waals surface area contributed by atoms with Crippen molar-refractivity contribution in [1.82, 2.24) is 20.6 Å². The second kappa shape index (κ2) is 15.1. The number of aromatic nitrogens is 2. The topological polar surface area (TPSA) is 239 Å². The van der Waals surface area contributed by atoms with Gasteiger partial charge in [-0.1, -0.05) is 6.58 Å². The number of anilines is 1. The van der Waals surface area contributed by atoms with Crippen molar-refractivity contribution in [2.24, 2.45) is 0 Å². The zero-order valence-corrected chi connectivity index (χ0v) is 25.3. The van der Waals surface area contributed by atoms with Gasteiger partial charge in [-0.3, -0.25) is 19.2 Å². The van der Waals surface area contributed by atoms with Gasteiger partial charge in [0, 0.05) is 24.1 Å². The van der Waals surface area contributed by atoms with E-state index < -0.39 is 48.2 Å². The molecule has 1 aliphatic rings. The van der Waals surface area contributed by atoms with Crippen LogP contribution in [0.5, 0.6) is 0 Å². The molecule has 1 heterocycles. The number of carbonyl (C=O) groups is 5. The van der Waals surface area contributed by atoms with Gasteiger partial charge in [0.05, 0.1) is 16.9 Å². The molecule has 4 rings (SSSR count). The maximum absolute atomic E-state index is 12.9. The van der Waals surface area contributed by atoms with E-state index in [1.807, 2.05) is 11.0 Å². The summed E-state index contributed by atoms with van der Waals surface area (Å²) in [4.78, 5) is 80.3. The first kappa shape index (κ1) is 34.3. The SMILES string of the molecule is C=CN(c1ccc(C(=O)NC(CCCC(=O)NC(CCC(=O)O)C(=O)O)C(=O)O)cc1)C1CCc2cc3nc(CO)[nH]c(=O)c3cc21. The zero-order chi connectivity index (χ0) is 34.2. The molecule has 0 fully saturated rings. The highest BCUT2D eigenvalue weighted by Crippen LogP contribution is 2.39. The summed E-state index contributed by atoms with van der Waals surface area (Å²) in [5, 5.41) is 42.0. The predicted molar refractivity (Wildman–Crippen MR) is 168 cm³/mol. The van der Waals surface area contributed by atoms with E-state index in [2.05, 4.69) is 27.2 Å². The molecule has 2 amide bonds. The van der Waals surface area contributed by atoms with Crippen LogP contribution in [0.15, 0.2) is 54.0 Å². The Labute approximate surface area is 267 Å². The van der Waals surface area contributed by atoms with Gasteiger partial charge in [-0.25, -0.2) is 14.6 Å². The van der Waals surface area contributed by atoms with Crippen LogP contribution < -0.4 is 21.1 Å². The van der Waals surface area contributed by atoms with Gasteiger partial charge in [-0.05, 0) is 85.8 Å². The Balaban J connectivity index is 1.38. The number of aliphatic hydroxyl groups excluding tert-OH is 1. The Morgan fingerprint density at radius 1 is 1.00 bits per heavy atom. The van der Waals surface area contributed by atoms with E-state index in [1.165, 1.54) is 12.1 Å². The number of aliphatic carboxylic acids is 3. The fourth-order valence-corrected chi connectivity index (χ4v) is 5.59. The summed E-state index contributed by atoms with van der Waals surface area (Å²) >= 11 is 0. The monoisotopic (exact) mass is 649 g/mol. The Morgan fingerprint density at radius 3 is 2.30 bits per heavy atom. The second-order valence-corrected chi connectivity index (χ2v) is 11.1. The van der Waals surface area contributed by atoms with Crippen LogP contribution in [0.4, 0.5) is 5.69 Å². The van der Waals surface area contributed by atoms with Crippen molar-refractivity contribution in [2.75, 3.05) is 4.90 Å². The first-order chi connectivity index (χ1) is 22.4. The number of nitrogens with zero attached hydrogens (tertiary/aromatic N) is 2. The van der Waals surface area contributed by atoms with E-state index in [0.29, 0.717) is 16.6 Å². The second-order valence-electron chi connectivity index (χ2n) is 11.1. The quantitative estimate of drug-likeness (QED) is 0.118. The van der Waals surface area contributed by atoms with E-state index in [0.717, 1.165) is 24.0 Å². The normalized spacial score (nSPS) is 14.9. The number of carboxylic acid groups (broad SMARTS) is 3. The van der Waals surface area contributed by atoms with E-state index in [4.69, 9.17) is 5.11 Å². The number of aromatic amines is 1. The Kier molecular flexibility index (Phi) is 11.1. The molecular weight excluding hydrogens is 614 g/mol. The molecule has 15 nitrogen and oxygen atoms in total. The van der Waals surface area contributed by atoms with Crippen molar-refractivity contribution in [1.29, 1.82) is 0 Å². The third-order valence-corrected chi connectivity index (χ3v) is 7.95. The Hall–Kier alpha value is -5.57. The number of aliphatic hydroxyl groups is 1. The number of aryl methyl sites for hydroxylation is 1. The molecule has 248 valence electrons. The van der Waals surface area contributed by atoms with Crippen LogP contribution in [0, 0.1) is 0 Å². The standard InChI is InChI=1S/C32H35N5O10/c1-2-37(25-12-8-18-14-24-21(15-20(18)25)30(43)36-26(16-38)33-24)19-9-6-17(7-10-19)29(42)35-22(31(44)45)4-3-5-27(39)34-23(32(46)47)11-13-28(40)41/h2,6-7,9-10,14-15,22-23,25,38H,1,3-5,8,11-13,16H2,(H,34,39)(H,35,42)(H,40,41)(H,44,45)(H,46,47)(H,33,36,43). The molecule has 0 saturated carbocycles. The van der Waals surface area contributed by atoms with Gasteiger partial charge in [-0.2, -0.15) is 0 Å². The molecule has 2 aromatic carbocycles. The molecule has 3 atom stereocenters. The summed E-state index contributed by atoms with van der Waals surface area (Å²) in [5.41, 5.74) is 3.00. The smallest absolute Gasteiger partial charge is 0.326 e. The number of carbonyl (C=O) groups excluding carboxylic acids is 2. The molecule has 0 aliphatic heterocycles. The summed E-state index contributed by atoms with van der Waals surface area (Å²) in [6.07, 6.45) is 2.04. The molecule has 15 heteroatoms. The third kappa shape index (κ3) is 8.38. The number of fused-ring (bicyclic) bond motifs is 2. The van der Waals surface area contributed by atoms with Gasteiger partial charge in [0.2, 0.25) is 5.91 Å². The van der Waals surface area contributed by atoms with Gasteiger partial charge in [0.1, 0.15) is 24.5 Å². The van der Waals surface area contributed by atoms with Crippen LogP contribution in [-0.4, -0.2) is 72.2 Å². The minimum atomic E-state index is -1.39. The average Bonchev–Trinajstić information content (AvgIpc) is 3.44. The van der Waals surface area contributed by atoms with Crippen molar-refractivity contribution < 1.29 is 44.4 Å². The molecule has 0 saturated heterocycles. The summed E-state index contributed by atoms with van der Waals surface area (Å²) in [5.74, 6) is -5.04. The van der Waals surface area contributed by atoms with Gasteiger partial charge < -0.3 is 40.9 Å². The molecule has 0 spiro atoms. The molecule has 0 bridgehead atoms. The Bertz CT molecular complexity index is 1750. The lowest BCUT2D eigenvalue weighted by molar-refractivity contribution is -0.143. The summed E-state index contributed by atoms with van der Waals surface area (Å²) < 4.78 is 0. The summed E-state index contributed by atoms with van der Waals surface area (Å²) in [7, 11) is 0. The number of H-pyrrole nitrogens is 1. The van der Waals surface area contributed by atoms with E-state index in [-0.39, 0.29) is 55.3 Å². The van der Waals surface area contributed by atoms with Crippen LogP contribution in [-0.2, 0) is 32.2 Å². The highest BCUT2D eigenvalue weighted by Gasteiger charge is 2.29. The fraction of sp³-hybridized carbons (Fsp3) is 0.344. The zero-order valence-electron chi connectivity index (χ0n) is 25.3. The van der Waals surface area contributed by atoms with Gasteiger partial charge in [0.25, 0.3) is 11.5 Å². The van der Waals surface area contributed by atoms with Crippen molar-refractivity contribution in [2.45, 2.75) is 69.7 Å². The minimum Gasteiger partial charge on any atom is -0.481 e. The molecule has 1 aliphatic carbocycles. The number of nitrogens with one attached hydrogen (secondary N) is 3. The van der Waals surface area contributed by atoms with Gasteiger partial charge >= 0.3 is 17.9 Å². The van der Waals surface area contributed by atoms with E-state index in [1.54, 1.807) is 24.4 Å². The molecule has 3 aromatic rings. The van der Waals surface area contributed by atoms with E-state index >= 15 is 0 Å². The largest absolute Gasteiger partial charge is 0.481 e. The first-order valence-electron chi connectivity index (χ1n) is 14.9. The predicted octanol–water partition coefficient (Wildman–Crippen LogP) is 1.84. The molecule has 7 N–H and O–H groups in total. The average molecular weight is 650 g/mol. The maximum atomic E-state index is 12.9. The number of carboxylic acids is 3. The van der Waals surface area contributed by atoms with Gasteiger partial charge in [0.15, 0.2) is 0 Å². The van der Waals surface area contributed by atoms with Crippen molar-refractivity contribution in [3.05, 3.63) is 82.0 Å². The van der Waals surface area contributed by atoms with Gasteiger partial charge in [-0.15, -0.1) is 0 Å². The Morgan fingerprint density at radius 2 is 1.68 bits per heavy atom. The summed E-state index contributed by atoms with van der Waals surface area (Å²) in [6.45, 7) is 3.57. The number of hydrogen-bond acceptors (Lipinski definition) is 9. The highest BCUT2D eigenvalue weighted by atomic mass is 16.4.